The summed E-state index contributed by atoms with van der Waals surface area (Å²) in [5.41, 5.74) is -0.204. The Morgan fingerprint density at radius 1 is 1.17 bits per heavy atom. The van der Waals surface area contributed by atoms with Crippen molar-refractivity contribution in [1.82, 2.24) is 0 Å². The summed E-state index contributed by atoms with van der Waals surface area (Å²) >= 11 is 0. The first kappa shape index (κ1) is 14.3. The van der Waals surface area contributed by atoms with E-state index in [-0.39, 0.29) is 34.9 Å². The molecule has 2 fully saturated rings. The van der Waals surface area contributed by atoms with E-state index < -0.39 is 0 Å². The second kappa shape index (κ2) is 4.19. The molecule has 0 radical (unpaired) electrons. The lowest BCUT2D eigenvalue weighted by molar-refractivity contribution is -0.162. The van der Waals surface area contributed by atoms with E-state index in [1.165, 1.54) is 0 Å². The van der Waals surface area contributed by atoms with Crippen LogP contribution in [0.15, 0.2) is 0 Å². The molecule has 2 rings (SSSR count). The van der Waals surface area contributed by atoms with Crippen LogP contribution in [0, 0.1) is 5.41 Å². The molecule has 0 saturated carbocycles. The maximum Gasteiger partial charge on any atom is 0.121 e. The molecular formula is C15H28O3. The van der Waals surface area contributed by atoms with Gasteiger partial charge in [0.1, 0.15) is 17.8 Å². The van der Waals surface area contributed by atoms with E-state index in [2.05, 4.69) is 48.5 Å². The average Bonchev–Trinajstić information content (AvgIpc) is 2.49. The minimum Gasteiger partial charge on any atom is -0.370 e. The van der Waals surface area contributed by atoms with Crippen molar-refractivity contribution in [3.8, 4) is 0 Å². The molecule has 106 valence electrons. The third-order valence-electron chi connectivity index (χ3n) is 3.53. The summed E-state index contributed by atoms with van der Waals surface area (Å²) in [6.07, 6.45) is 1.26. The molecular weight excluding hydrogens is 228 g/mol. The monoisotopic (exact) mass is 256 g/mol. The zero-order valence-corrected chi connectivity index (χ0v) is 12.9. The first-order valence-corrected chi connectivity index (χ1v) is 7.00. The molecule has 18 heavy (non-hydrogen) atoms. The lowest BCUT2D eigenvalue weighted by Gasteiger charge is -2.38. The molecule has 0 aliphatic carbocycles. The van der Waals surface area contributed by atoms with Crippen LogP contribution in [-0.4, -0.2) is 36.1 Å². The Hall–Kier alpha value is -0.120. The molecule has 3 nitrogen and oxygen atoms in total. The van der Waals surface area contributed by atoms with Crippen LogP contribution in [-0.2, 0) is 14.2 Å². The van der Waals surface area contributed by atoms with Crippen LogP contribution in [0.2, 0.25) is 0 Å². The fourth-order valence-corrected chi connectivity index (χ4v) is 3.27. The Bertz CT molecular complexity index is 313. The quantitative estimate of drug-likeness (QED) is 0.759. The molecule has 2 bridgehead atoms. The van der Waals surface area contributed by atoms with Gasteiger partial charge in [-0.1, -0.05) is 20.8 Å². The molecule has 2 saturated heterocycles. The van der Waals surface area contributed by atoms with Crippen LogP contribution >= 0.6 is 0 Å². The largest absolute Gasteiger partial charge is 0.370 e. The second-order valence-corrected chi connectivity index (χ2v) is 8.05. The molecule has 2 heterocycles. The van der Waals surface area contributed by atoms with Crippen LogP contribution in [0.4, 0.5) is 0 Å². The van der Waals surface area contributed by atoms with E-state index in [0.29, 0.717) is 6.61 Å². The maximum absolute atomic E-state index is 6.26. The fourth-order valence-electron chi connectivity index (χ4n) is 3.27. The van der Waals surface area contributed by atoms with Crippen LogP contribution in [0.1, 0.15) is 54.9 Å². The highest BCUT2D eigenvalue weighted by molar-refractivity contribution is 5.09. The van der Waals surface area contributed by atoms with Gasteiger partial charge in [0.05, 0.1) is 18.3 Å². The third kappa shape index (κ3) is 2.73. The van der Waals surface area contributed by atoms with Gasteiger partial charge in [0.15, 0.2) is 0 Å². The predicted molar refractivity (Wildman–Crippen MR) is 71.7 cm³/mol. The van der Waals surface area contributed by atoms with Crippen molar-refractivity contribution in [3.63, 3.8) is 0 Å². The molecule has 0 aromatic carbocycles. The molecule has 4 atom stereocenters. The third-order valence-corrected chi connectivity index (χ3v) is 3.53. The van der Waals surface area contributed by atoms with Crippen molar-refractivity contribution in [1.29, 1.82) is 0 Å². The van der Waals surface area contributed by atoms with E-state index in [1.807, 2.05) is 0 Å². The van der Waals surface area contributed by atoms with Crippen LogP contribution in [0.25, 0.3) is 0 Å². The number of fused-ring (bicyclic) bond motifs is 2. The van der Waals surface area contributed by atoms with Gasteiger partial charge >= 0.3 is 0 Å². The predicted octanol–water partition coefficient (Wildman–Crippen LogP) is 3.16. The highest BCUT2D eigenvalue weighted by Crippen LogP contribution is 2.48. The van der Waals surface area contributed by atoms with Crippen molar-refractivity contribution >= 4 is 0 Å². The van der Waals surface area contributed by atoms with Gasteiger partial charge in [0.25, 0.3) is 0 Å². The second-order valence-electron chi connectivity index (χ2n) is 8.05. The van der Waals surface area contributed by atoms with Gasteiger partial charge in [-0.3, -0.25) is 0 Å². The number of ether oxygens (including phenoxy) is 3. The molecule has 2 unspecified atom stereocenters. The Balaban J connectivity index is 2.21. The Morgan fingerprint density at radius 2 is 1.78 bits per heavy atom. The summed E-state index contributed by atoms with van der Waals surface area (Å²) in [4.78, 5) is 0. The molecule has 2 aliphatic rings. The molecule has 0 amide bonds. The van der Waals surface area contributed by atoms with Gasteiger partial charge in [-0.2, -0.15) is 0 Å². The first-order valence-electron chi connectivity index (χ1n) is 7.00. The molecule has 0 aromatic rings. The lowest BCUT2D eigenvalue weighted by atomic mass is 9.80. The number of rotatable bonds is 2. The summed E-state index contributed by atoms with van der Waals surface area (Å²) in [6.45, 7) is 15.8. The van der Waals surface area contributed by atoms with Crippen molar-refractivity contribution in [2.24, 2.45) is 5.41 Å². The molecule has 2 aliphatic heterocycles. The summed E-state index contributed by atoms with van der Waals surface area (Å²) < 4.78 is 18.4. The van der Waals surface area contributed by atoms with E-state index in [0.717, 1.165) is 6.42 Å². The Morgan fingerprint density at radius 3 is 2.22 bits per heavy atom. The van der Waals surface area contributed by atoms with Crippen LogP contribution < -0.4 is 0 Å². The highest BCUT2D eigenvalue weighted by Gasteiger charge is 2.62. The van der Waals surface area contributed by atoms with Crippen LogP contribution in [0.3, 0.4) is 0 Å². The van der Waals surface area contributed by atoms with Crippen molar-refractivity contribution < 1.29 is 14.2 Å². The topological polar surface area (TPSA) is 27.7 Å². The van der Waals surface area contributed by atoms with Crippen molar-refractivity contribution in [3.05, 3.63) is 0 Å². The van der Waals surface area contributed by atoms with Gasteiger partial charge in [-0.25, -0.2) is 0 Å². The molecule has 0 N–H and O–H groups in total. The Kier molecular flexibility index (Phi) is 3.33. The van der Waals surface area contributed by atoms with Gasteiger partial charge in [0, 0.05) is 0 Å². The smallest absolute Gasteiger partial charge is 0.121 e. The normalized spacial score (nSPS) is 40.5. The first-order chi connectivity index (χ1) is 8.03. The van der Waals surface area contributed by atoms with Gasteiger partial charge < -0.3 is 14.2 Å². The van der Waals surface area contributed by atoms with Crippen molar-refractivity contribution in [2.75, 3.05) is 6.61 Å². The van der Waals surface area contributed by atoms with Gasteiger partial charge in [-0.15, -0.1) is 0 Å². The van der Waals surface area contributed by atoms with E-state index >= 15 is 0 Å². The zero-order valence-electron chi connectivity index (χ0n) is 12.9. The molecule has 0 spiro atoms. The van der Waals surface area contributed by atoms with E-state index in [4.69, 9.17) is 14.2 Å². The number of hydrogen-bond acceptors (Lipinski definition) is 3. The standard InChI is InChI=1S/C15H28O3/c1-10-11-12(18-14(5,6)7)15(17-10,9-16-11)8-13(2,3)4/h10-12H,8-9H2,1-7H3/t10?,11?,12-,15+/m1/s1. The Labute approximate surface area is 111 Å². The van der Waals surface area contributed by atoms with E-state index in [1.54, 1.807) is 0 Å². The summed E-state index contributed by atoms with van der Waals surface area (Å²) in [6, 6.07) is 0. The van der Waals surface area contributed by atoms with Gasteiger partial charge in [-0.05, 0) is 39.5 Å². The summed E-state index contributed by atoms with van der Waals surface area (Å²) in [5.74, 6) is 0. The van der Waals surface area contributed by atoms with Crippen molar-refractivity contribution in [2.45, 2.75) is 84.4 Å². The zero-order chi connectivity index (χ0) is 13.8. The molecule has 0 aromatic heterocycles. The maximum atomic E-state index is 6.26. The number of hydrogen-bond donors (Lipinski definition) is 0. The molecule has 3 heteroatoms. The lowest BCUT2D eigenvalue weighted by Crippen LogP contribution is -2.47. The SMILES string of the molecule is CC1O[C@@]2(CC(C)(C)C)COC1[C@H]2OC(C)(C)C. The van der Waals surface area contributed by atoms with E-state index in [9.17, 15) is 0 Å². The summed E-state index contributed by atoms with van der Waals surface area (Å²) in [7, 11) is 0. The minimum atomic E-state index is -0.254. The summed E-state index contributed by atoms with van der Waals surface area (Å²) in [5, 5.41) is 0. The minimum absolute atomic E-state index is 0.0618. The fraction of sp³-hybridized carbons (Fsp3) is 1.00. The highest BCUT2D eigenvalue weighted by atomic mass is 16.7. The van der Waals surface area contributed by atoms with Crippen LogP contribution in [0.5, 0.6) is 0 Å². The average molecular weight is 256 g/mol. The van der Waals surface area contributed by atoms with Gasteiger partial charge in [0.2, 0.25) is 0 Å².